The average Bonchev–Trinajstić information content (AvgIpc) is 2.02. The summed E-state index contributed by atoms with van der Waals surface area (Å²) in [7, 11) is 1.50. The van der Waals surface area contributed by atoms with Gasteiger partial charge < -0.3 is 9.84 Å². The highest BCUT2D eigenvalue weighted by Gasteiger charge is 2.13. The number of benzene rings is 1. The Morgan fingerprint density at radius 1 is 1.25 bits per heavy atom. The SMILES string of the molecule is COc1c(O)c(Br)cc(Br)c1Br. The molecule has 0 saturated heterocycles. The second-order valence-corrected chi connectivity index (χ2v) is 4.54. The molecule has 0 atom stereocenters. The lowest BCUT2D eigenvalue weighted by Crippen LogP contribution is -1.86. The number of halogens is 3. The lowest BCUT2D eigenvalue weighted by molar-refractivity contribution is 0.369. The monoisotopic (exact) mass is 358 g/mol. The molecule has 1 rings (SSSR count). The smallest absolute Gasteiger partial charge is 0.177 e. The standard InChI is InChI=1S/C7H5Br3O2/c1-12-7-5(10)3(8)2-4(9)6(7)11/h2,11H,1H3. The van der Waals surface area contributed by atoms with Gasteiger partial charge in [0.25, 0.3) is 0 Å². The summed E-state index contributed by atoms with van der Waals surface area (Å²) >= 11 is 9.77. The predicted molar refractivity (Wildman–Crippen MR) is 57.8 cm³/mol. The number of hydrogen-bond donors (Lipinski definition) is 1. The first-order valence-electron chi connectivity index (χ1n) is 2.98. The number of ether oxygens (including phenoxy) is 1. The van der Waals surface area contributed by atoms with Crippen molar-refractivity contribution in [2.75, 3.05) is 7.11 Å². The summed E-state index contributed by atoms with van der Waals surface area (Å²) < 4.78 is 7.10. The number of methoxy groups -OCH3 is 1. The van der Waals surface area contributed by atoms with Gasteiger partial charge in [-0.2, -0.15) is 0 Å². The van der Waals surface area contributed by atoms with E-state index in [9.17, 15) is 5.11 Å². The fourth-order valence-corrected chi connectivity index (χ4v) is 2.34. The van der Waals surface area contributed by atoms with Gasteiger partial charge in [0, 0.05) is 4.47 Å². The first kappa shape index (κ1) is 10.3. The maximum atomic E-state index is 9.48. The highest BCUT2D eigenvalue weighted by molar-refractivity contribution is 9.13. The number of hydrogen-bond acceptors (Lipinski definition) is 2. The molecule has 0 spiro atoms. The van der Waals surface area contributed by atoms with E-state index >= 15 is 0 Å². The van der Waals surface area contributed by atoms with Crippen molar-refractivity contribution in [2.24, 2.45) is 0 Å². The van der Waals surface area contributed by atoms with Crippen LogP contribution in [-0.2, 0) is 0 Å². The van der Waals surface area contributed by atoms with Crippen LogP contribution < -0.4 is 4.74 Å². The molecule has 1 aromatic rings. The molecule has 5 heteroatoms. The Labute approximate surface area is 95.3 Å². The molecule has 0 fully saturated rings. The molecular formula is C7H5Br3O2. The summed E-state index contributed by atoms with van der Waals surface area (Å²) in [6, 6.07) is 1.74. The molecule has 0 amide bonds. The van der Waals surface area contributed by atoms with Gasteiger partial charge in [-0.1, -0.05) is 0 Å². The largest absolute Gasteiger partial charge is 0.503 e. The van der Waals surface area contributed by atoms with Crippen molar-refractivity contribution in [1.29, 1.82) is 0 Å². The van der Waals surface area contributed by atoms with Gasteiger partial charge in [-0.25, -0.2) is 0 Å². The molecule has 2 nitrogen and oxygen atoms in total. The van der Waals surface area contributed by atoms with Crippen molar-refractivity contribution in [3.8, 4) is 11.5 Å². The number of rotatable bonds is 1. The van der Waals surface area contributed by atoms with E-state index < -0.39 is 0 Å². The van der Waals surface area contributed by atoms with Crippen LogP contribution in [0.3, 0.4) is 0 Å². The molecular weight excluding hydrogens is 356 g/mol. The van der Waals surface area contributed by atoms with Crippen LogP contribution in [0.2, 0.25) is 0 Å². The van der Waals surface area contributed by atoms with E-state index in [-0.39, 0.29) is 5.75 Å². The summed E-state index contributed by atoms with van der Waals surface area (Å²) in [4.78, 5) is 0. The van der Waals surface area contributed by atoms with E-state index in [0.717, 1.165) is 4.47 Å². The van der Waals surface area contributed by atoms with Gasteiger partial charge in [0.2, 0.25) is 0 Å². The molecule has 1 N–H and O–H groups in total. The molecule has 1 aromatic carbocycles. The number of phenolic OH excluding ortho intramolecular Hbond substituents is 1. The molecule has 0 aliphatic rings. The van der Waals surface area contributed by atoms with Gasteiger partial charge in [0.05, 0.1) is 16.1 Å². The van der Waals surface area contributed by atoms with Crippen LogP contribution in [0, 0.1) is 0 Å². The highest BCUT2D eigenvalue weighted by Crippen LogP contribution is 2.44. The molecule has 0 aliphatic carbocycles. The second-order valence-electron chi connectivity index (χ2n) is 2.04. The zero-order valence-corrected chi connectivity index (χ0v) is 10.8. The minimum atomic E-state index is 0.0903. The van der Waals surface area contributed by atoms with E-state index in [1.54, 1.807) is 6.07 Å². The first-order valence-corrected chi connectivity index (χ1v) is 5.36. The van der Waals surface area contributed by atoms with E-state index in [1.807, 2.05) is 0 Å². The maximum absolute atomic E-state index is 9.48. The van der Waals surface area contributed by atoms with Gasteiger partial charge in [0.15, 0.2) is 11.5 Å². The van der Waals surface area contributed by atoms with Crippen LogP contribution in [0.25, 0.3) is 0 Å². The summed E-state index contributed by atoms with van der Waals surface area (Å²) in [5.74, 6) is 0.504. The van der Waals surface area contributed by atoms with Gasteiger partial charge >= 0.3 is 0 Å². The lowest BCUT2D eigenvalue weighted by Gasteiger charge is -2.08. The summed E-state index contributed by atoms with van der Waals surface area (Å²) in [5.41, 5.74) is 0. The Kier molecular flexibility index (Phi) is 3.43. The Balaban J connectivity index is 3.42. The first-order chi connectivity index (χ1) is 5.57. The zero-order chi connectivity index (χ0) is 9.30. The van der Waals surface area contributed by atoms with Gasteiger partial charge in [-0.05, 0) is 53.9 Å². The van der Waals surface area contributed by atoms with E-state index in [0.29, 0.717) is 14.7 Å². The van der Waals surface area contributed by atoms with Gasteiger partial charge in [-0.3, -0.25) is 0 Å². The average molecular weight is 361 g/mol. The van der Waals surface area contributed by atoms with Crippen molar-refractivity contribution < 1.29 is 9.84 Å². The number of aromatic hydroxyl groups is 1. The van der Waals surface area contributed by atoms with Crippen molar-refractivity contribution in [3.05, 3.63) is 19.5 Å². The molecule has 0 saturated carbocycles. The molecule has 0 heterocycles. The van der Waals surface area contributed by atoms with E-state index in [2.05, 4.69) is 47.8 Å². The summed E-state index contributed by atoms with van der Waals surface area (Å²) in [5, 5.41) is 9.48. The fourth-order valence-electron chi connectivity index (χ4n) is 0.750. The minimum absolute atomic E-state index is 0.0903. The van der Waals surface area contributed by atoms with Crippen LogP contribution >= 0.6 is 47.8 Å². The third kappa shape index (κ3) is 1.78. The van der Waals surface area contributed by atoms with Crippen LogP contribution in [0.5, 0.6) is 11.5 Å². The molecule has 0 radical (unpaired) electrons. The Hall–Kier alpha value is 0.260. The molecule has 0 unspecified atom stereocenters. The fraction of sp³-hybridized carbons (Fsp3) is 0.143. The minimum Gasteiger partial charge on any atom is -0.503 e. The molecule has 0 aromatic heterocycles. The van der Waals surface area contributed by atoms with E-state index in [1.165, 1.54) is 7.11 Å². The third-order valence-electron chi connectivity index (χ3n) is 1.31. The Morgan fingerprint density at radius 3 is 2.33 bits per heavy atom. The molecule has 0 aliphatic heterocycles. The molecule has 0 bridgehead atoms. The predicted octanol–water partition coefficient (Wildman–Crippen LogP) is 3.69. The lowest BCUT2D eigenvalue weighted by atomic mass is 10.3. The van der Waals surface area contributed by atoms with Crippen molar-refractivity contribution in [2.45, 2.75) is 0 Å². The Morgan fingerprint density at radius 2 is 1.83 bits per heavy atom. The third-order valence-corrected chi connectivity index (χ3v) is 3.86. The molecule has 12 heavy (non-hydrogen) atoms. The topological polar surface area (TPSA) is 29.5 Å². The summed E-state index contributed by atoms with van der Waals surface area (Å²) in [6.45, 7) is 0. The van der Waals surface area contributed by atoms with Crippen LogP contribution in [-0.4, -0.2) is 12.2 Å². The normalized spacial score (nSPS) is 10.0. The zero-order valence-electron chi connectivity index (χ0n) is 6.07. The van der Waals surface area contributed by atoms with Crippen molar-refractivity contribution in [1.82, 2.24) is 0 Å². The van der Waals surface area contributed by atoms with Crippen LogP contribution in [0.15, 0.2) is 19.5 Å². The number of phenols is 1. The van der Waals surface area contributed by atoms with Crippen molar-refractivity contribution in [3.63, 3.8) is 0 Å². The second kappa shape index (κ2) is 3.98. The van der Waals surface area contributed by atoms with Gasteiger partial charge in [-0.15, -0.1) is 0 Å². The quantitative estimate of drug-likeness (QED) is 0.774. The maximum Gasteiger partial charge on any atom is 0.177 e. The summed E-state index contributed by atoms with van der Waals surface area (Å²) in [6.07, 6.45) is 0. The van der Waals surface area contributed by atoms with Crippen molar-refractivity contribution >= 4 is 47.8 Å². The Bertz CT molecular complexity index is 286. The van der Waals surface area contributed by atoms with E-state index in [4.69, 9.17) is 4.74 Å². The van der Waals surface area contributed by atoms with Crippen LogP contribution in [0.1, 0.15) is 0 Å². The van der Waals surface area contributed by atoms with Crippen LogP contribution in [0.4, 0.5) is 0 Å². The van der Waals surface area contributed by atoms with Gasteiger partial charge in [0.1, 0.15) is 0 Å². The molecule has 66 valence electrons. The highest BCUT2D eigenvalue weighted by atomic mass is 79.9.